The Hall–Kier alpha value is -0.900. The zero-order chi connectivity index (χ0) is 13.7. The smallest absolute Gasteiger partial charge is 0.239 e. The third-order valence-corrected chi connectivity index (χ3v) is 4.13. The van der Waals surface area contributed by atoms with Gasteiger partial charge in [-0.05, 0) is 40.7 Å². The molecule has 4 heteroatoms. The Morgan fingerprint density at radius 3 is 2.22 bits per heavy atom. The fourth-order valence-electron chi connectivity index (χ4n) is 2.62. The van der Waals surface area contributed by atoms with Crippen LogP contribution in [0.25, 0.3) is 0 Å². The summed E-state index contributed by atoms with van der Waals surface area (Å²) < 4.78 is 0. The normalized spacial score (nSPS) is 19.1. The van der Waals surface area contributed by atoms with Gasteiger partial charge in [-0.1, -0.05) is 0 Å². The van der Waals surface area contributed by atoms with E-state index in [1.165, 1.54) is 0 Å². The molecule has 1 amide bonds. The largest absolute Gasteiger partial charge is 0.342 e. The topological polar surface area (TPSA) is 40.6 Å². The number of hydrogen-bond donors (Lipinski definition) is 0. The molecule has 18 heavy (non-hydrogen) atoms. The van der Waals surface area contributed by atoms with Crippen LogP contribution < -0.4 is 0 Å². The van der Waals surface area contributed by atoms with Crippen molar-refractivity contribution in [2.75, 3.05) is 20.1 Å². The van der Waals surface area contributed by atoms with Crippen LogP contribution in [-0.2, 0) is 9.59 Å². The number of hydrogen-bond acceptors (Lipinski definition) is 3. The van der Waals surface area contributed by atoms with Gasteiger partial charge in [0.05, 0.1) is 6.04 Å². The van der Waals surface area contributed by atoms with Crippen molar-refractivity contribution in [1.82, 2.24) is 9.80 Å². The van der Waals surface area contributed by atoms with Crippen molar-refractivity contribution in [3.63, 3.8) is 0 Å². The van der Waals surface area contributed by atoms with E-state index in [-0.39, 0.29) is 11.9 Å². The van der Waals surface area contributed by atoms with E-state index in [0.29, 0.717) is 24.7 Å². The van der Waals surface area contributed by atoms with Crippen molar-refractivity contribution in [1.29, 1.82) is 0 Å². The second-order valence-electron chi connectivity index (χ2n) is 5.12. The van der Waals surface area contributed by atoms with Gasteiger partial charge in [0.2, 0.25) is 5.91 Å². The van der Waals surface area contributed by atoms with Crippen LogP contribution >= 0.6 is 0 Å². The molecular weight excluding hydrogens is 228 g/mol. The molecule has 0 aliphatic heterocycles. The monoisotopic (exact) mass is 254 g/mol. The van der Waals surface area contributed by atoms with Crippen LogP contribution in [0.4, 0.5) is 0 Å². The molecule has 1 unspecified atom stereocenters. The third-order valence-electron chi connectivity index (χ3n) is 4.13. The molecule has 4 nitrogen and oxygen atoms in total. The van der Waals surface area contributed by atoms with Crippen LogP contribution in [0.5, 0.6) is 0 Å². The van der Waals surface area contributed by atoms with E-state index in [4.69, 9.17) is 0 Å². The lowest BCUT2D eigenvalue weighted by Gasteiger charge is -2.36. The average molecular weight is 254 g/mol. The van der Waals surface area contributed by atoms with Crippen LogP contribution in [0, 0.1) is 0 Å². The molecule has 1 fully saturated rings. The van der Waals surface area contributed by atoms with Gasteiger partial charge in [-0.3, -0.25) is 14.5 Å². The van der Waals surface area contributed by atoms with Crippen LogP contribution in [0.15, 0.2) is 0 Å². The summed E-state index contributed by atoms with van der Waals surface area (Å²) in [5.74, 6) is 0.557. The molecule has 0 N–H and O–H groups in total. The van der Waals surface area contributed by atoms with Gasteiger partial charge < -0.3 is 4.90 Å². The van der Waals surface area contributed by atoms with Gasteiger partial charge in [0.15, 0.2) is 0 Å². The molecule has 0 radical (unpaired) electrons. The van der Waals surface area contributed by atoms with Gasteiger partial charge >= 0.3 is 0 Å². The minimum absolute atomic E-state index is 0.0943. The lowest BCUT2D eigenvalue weighted by atomic mass is 9.92. The molecule has 1 aliphatic rings. The Balaban J connectivity index is 2.57. The minimum Gasteiger partial charge on any atom is -0.342 e. The van der Waals surface area contributed by atoms with Crippen molar-refractivity contribution in [3.8, 4) is 0 Å². The van der Waals surface area contributed by atoms with Crippen molar-refractivity contribution < 1.29 is 9.59 Å². The molecule has 0 aromatic rings. The van der Waals surface area contributed by atoms with Crippen LogP contribution in [-0.4, -0.2) is 53.7 Å². The van der Waals surface area contributed by atoms with E-state index >= 15 is 0 Å². The van der Waals surface area contributed by atoms with Crippen LogP contribution in [0.2, 0.25) is 0 Å². The highest BCUT2D eigenvalue weighted by Crippen LogP contribution is 2.21. The second kappa shape index (κ2) is 6.88. The lowest BCUT2D eigenvalue weighted by molar-refractivity contribution is -0.136. The molecule has 0 saturated heterocycles. The first-order valence-electron chi connectivity index (χ1n) is 7.03. The molecule has 0 bridgehead atoms. The van der Waals surface area contributed by atoms with E-state index in [0.717, 1.165) is 25.9 Å². The fraction of sp³-hybridized carbons (Fsp3) is 0.857. The van der Waals surface area contributed by atoms with Crippen LogP contribution in [0.1, 0.15) is 46.5 Å². The molecular formula is C14H26N2O2. The number of carbonyl (C=O) groups is 2. The number of likely N-dealkylation sites (N-methyl/N-ethyl adjacent to an activating group) is 2. The zero-order valence-electron chi connectivity index (χ0n) is 12.1. The predicted octanol–water partition coefficient (Wildman–Crippen LogP) is 1.69. The van der Waals surface area contributed by atoms with E-state index < -0.39 is 0 Å². The molecule has 1 aliphatic carbocycles. The number of amides is 1. The van der Waals surface area contributed by atoms with E-state index in [9.17, 15) is 9.59 Å². The van der Waals surface area contributed by atoms with Gasteiger partial charge in [0.1, 0.15) is 5.78 Å². The first kappa shape index (κ1) is 15.2. The molecule has 1 rings (SSSR count). The summed E-state index contributed by atoms with van der Waals surface area (Å²) in [5, 5.41) is 0. The molecule has 104 valence electrons. The fourth-order valence-corrected chi connectivity index (χ4v) is 2.62. The van der Waals surface area contributed by atoms with Gasteiger partial charge in [0, 0.05) is 32.0 Å². The quantitative estimate of drug-likeness (QED) is 0.749. The van der Waals surface area contributed by atoms with Crippen molar-refractivity contribution >= 4 is 11.7 Å². The Bertz CT molecular complexity index is 290. The van der Waals surface area contributed by atoms with E-state index in [1.54, 1.807) is 0 Å². The maximum atomic E-state index is 12.3. The standard InChI is InChI=1S/C14H26N2O2/c1-5-16(6-2)14(18)11(3)15(4)12-7-9-13(17)10-8-12/h11-12H,5-10H2,1-4H3. The van der Waals surface area contributed by atoms with E-state index in [2.05, 4.69) is 4.90 Å². The van der Waals surface area contributed by atoms with Crippen LogP contribution in [0.3, 0.4) is 0 Å². The highest BCUT2D eigenvalue weighted by molar-refractivity contribution is 5.81. The summed E-state index contributed by atoms with van der Waals surface area (Å²) in [6, 6.07) is 0.278. The highest BCUT2D eigenvalue weighted by atomic mass is 16.2. The summed E-state index contributed by atoms with van der Waals surface area (Å²) in [4.78, 5) is 27.5. The SMILES string of the molecule is CCN(CC)C(=O)C(C)N(C)C1CCC(=O)CC1. The molecule has 1 atom stereocenters. The van der Waals surface area contributed by atoms with Gasteiger partial charge in [-0.15, -0.1) is 0 Å². The maximum Gasteiger partial charge on any atom is 0.239 e. The number of nitrogens with zero attached hydrogens (tertiary/aromatic N) is 2. The molecule has 0 spiro atoms. The van der Waals surface area contributed by atoms with Gasteiger partial charge in [0.25, 0.3) is 0 Å². The van der Waals surface area contributed by atoms with Crippen molar-refractivity contribution in [3.05, 3.63) is 0 Å². The number of rotatable bonds is 5. The summed E-state index contributed by atoms with van der Waals surface area (Å²) in [7, 11) is 2.01. The Morgan fingerprint density at radius 1 is 1.28 bits per heavy atom. The Kier molecular flexibility index (Phi) is 5.79. The summed E-state index contributed by atoms with van der Waals surface area (Å²) in [6.45, 7) is 7.51. The van der Waals surface area contributed by atoms with E-state index in [1.807, 2.05) is 32.7 Å². The third kappa shape index (κ3) is 3.55. The Morgan fingerprint density at radius 2 is 1.78 bits per heavy atom. The maximum absolute atomic E-state index is 12.3. The molecule has 0 aromatic carbocycles. The average Bonchev–Trinajstić information content (AvgIpc) is 2.39. The molecule has 0 aromatic heterocycles. The number of ketones is 1. The summed E-state index contributed by atoms with van der Waals surface area (Å²) in [6.07, 6.45) is 3.12. The predicted molar refractivity (Wildman–Crippen MR) is 72.4 cm³/mol. The second-order valence-corrected chi connectivity index (χ2v) is 5.12. The first-order valence-corrected chi connectivity index (χ1v) is 7.03. The summed E-state index contributed by atoms with van der Waals surface area (Å²) >= 11 is 0. The molecule has 0 heterocycles. The summed E-state index contributed by atoms with van der Waals surface area (Å²) in [5.41, 5.74) is 0. The molecule has 1 saturated carbocycles. The Labute approximate surface area is 110 Å². The van der Waals surface area contributed by atoms with Gasteiger partial charge in [-0.25, -0.2) is 0 Å². The van der Waals surface area contributed by atoms with Crippen molar-refractivity contribution in [2.45, 2.75) is 58.5 Å². The minimum atomic E-state index is -0.0943. The highest BCUT2D eigenvalue weighted by Gasteiger charge is 2.29. The zero-order valence-corrected chi connectivity index (χ0v) is 12.1. The van der Waals surface area contributed by atoms with Crippen molar-refractivity contribution in [2.24, 2.45) is 0 Å². The van der Waals surface area contributed by atoms with Gasteiger partial charge in [-0.2, -0.15) is 0 Å². The lowest BCUT2D eigenvalue weighted by Crippen LogP contribution is -2.50. The first-order chi connectivity index (χ1) is 8.51. The number of carbonyl (C=O) groups excluding carboxylic acids is 2. The number of Topliss-reactive ketones (excluding diaryl/α,β-unsaturated/α-hetero) is 1.